The second-order valence-corrected chi connectivity index (χ2v) is 14.8. The van der Waals surface area contributed by atoms with Gasteiger partial charge in [-0.25, -0.2) is 15.3 Å². The first-order valence-electron chi connectivity index (χ1n) is 18.3. The maximum atomic E-state index is 14.5. The number of ether oxygens (including phenoxy) is 1. The first-order valence-corrected chi connectivity index (χ1v) is 20.1. The van der Waals surface area contributed by atoms with Crippen LogP contribution >= 0.6 is 46.8 Å². The van der Waals surface area contributed by atoms with Gasteiger partial charge in [-0.1, -0.05) is 40.9 Å². The van der Waals surface area contributed by atoms with E-state index in [2.05, 4.69) is 112 Å². The van der Waals surface area contributed by atoms with Gasteiger partial charge in [0.25, 0.3) is 5.91 Å². The van der Waals surface area contributed by atoms with Crippen LogP contribution in [0.3, 0.4) is 0 Å². The van der Waals surface area contributed by atoms with Gasteiger partial charge in [-0.05, 0) is 152 Å². The number of carbonyl (C=O) groups excluding carboxylic acids is 2. The zero-order valence-corrected chi connectivity index (χ0v) is 37.9. The first kappa shape index (κ1) is 48.9. The Morgan fingerprint density at radius 2 is 1.30 bits per heavy atom. The van der Waals surface area contributed by atoms with Crippen LogP contribution in [0.4, 0.5) is 22.7 Å². The van der Waals surface area contributed by atoms with Crippen molar-refractivity contribution in [2.24, 2.45) is 4.99 Å². The minimum atomic E-state index is -0.820. The highest BCUT2D eigenvalue weighted by Crippen LogP contribution is 2.34. The van der Waals surface area contributed by atoms with Crippen molar-refractivity contribution in [3.05, 3.63) is 109 Å². The van der Waals surface area contributed by atoms with E-state index in [1.807, 2.05) is 71.0 Å². The van der Waals surface area contributed by atoms with Crippen LogP contribution in [0.2, 0.25) is 15.1 Å². The molecule has 0 aromatic heterocycles. The topological polar surface area (TPSA) is 101 Å². The molecular weight excluding hydrogens is 887 g/mol. The number of rotatable bonds is 11. The van der Waals surface area contributed by atoms with E-state index in [9.17, 15) is 9.59 Å². The third-order valence-corrected chi connectivity index (χ3v) is 9.74. The number of hydrogen-bond acceptors (Lipinski definition) is 9. The Balaban J connectivity index is 1.56. The summed E-state index contributed by atoms with van der Waals surface area (Å²) in [5, 5.41) is 3.81. The molecule has 0 spiro atoms. The largest absolute Gasteiger partial charge is 0.378 e. The summed E-state index contributed by atoms with van der Waals surface area (Å²) in [4.78, 5) is 40.2. The Bertz CT molecular complexity index is 3110. The molecule has 0 heterocycles. The number of nitrogens with one attached hydrogen (secondary N) is 2. The molecule has 0 radical (unpaired) electrons. The van der Waals surface area contributed by atoms with Crippen molar-refractivity contribution in [3.63, 3.8) is 0 Å². The molecule has 4 aromatic rings. The summed E-state index contributed by atoms with van der Waals surface area (Å²) in [5.41, 5.74) is 8.52. The molecule has 64 heavy (non-hydrogen) atoms. The number of aryl methyl sites for hydroxylation is 3. The third kappa shape index (κ3) is 15.3. The Hall–Kier alpha value is -7.73. The molecule has 0 aliphatic carbocycles. The Kier molecular flexibility index (Phi) is 19.3. The van der Waals surface area contributed by atoms with E-state index in [0.717, 1.165) is 34.4 Å². The van der Waals surface area contributed by atoms with E-state index in [-0.39, 0.29) is 22.0 Å². The predicted octanol–water partition coefficient (Wildman–Crippen LogP) is 9.46. The highest BCUT2D eigenvalue weighted by molar-refractivity contribution is 7.94. The molecule has 312 valence electrons. The minimum absolute atomic E-state index is 0.0493. The highest BCUT2D eigenvalue weighted by Gasteiger charge is 2.24. The molecule has 2 N–H and O–H groups in total. The van der Waals surface area contributed by atoms with Crippen molar-refractivity contribution in [2.45, 2.75) is 32.6 Å². The van der Waals surface area contributed by atoms with Crippen LogP contribution in [-0.2, 0) is 18.9 Å². The van der Waals surface area contributed by atoms with Crippen LogP contribution in [0.25, 0.3) is 0 Å². The molecule has 0 aliphatic rings. The summed E-state index contributed by atoms with van der Waals surface area (Å²) < 4.78 is 10.5. The maximum Gasteiger partial charge on any atom is 0.352 e. The SMILES string of the molecule is C#CC#CC#CC#CC#CC#CC#CC#CC#COC(=O)c1ccc(Cl)c(NC(=O)C(=Nc2ccc(N(C)C)cc2C)c2c(C)cc(C)c(SOONc3cc(Cl)cc(Cl)c3)c2C)c1. The zero-order valence-electron chi connectivity index (χ0n) is 34.8. The van der Waals surface area contributed by atoms with Crippen molar-refractivity contribution in [1.29, 1.82) is 0 Å². The van der Waals surface area contributed by atoms with Gasteiger partial charge in [-0.15, -0.1) is 15.7 Å². The minimum Gasteiger partial charge on any atom is -0.378 e. The van der Waals surface area contributed by atoms with Gasteiger partial charge < -0.3 is 15.0 Å². The molecular formula is C51H31Cl3N4O5S. The number of halogens is 3. The molecule has 13 heteroatoms. The van der Waals surface area contributed by atoms with Gasteiger partial charge in [0.05, 0.1) is 39.7 Å². The van der Waals surface area contributed by atoms with Gasteiger partial charge in [0, 0.05) is 87.7 Å². The number of esters is 1. The molecule has 0 aliphatic heterocycles. The van der Waals surface area contributed by atoms with Crippen molar-refractivity contribution >= 4 is 87.2 Å². The van der Waals surface area contributed by atoms with Gasteiger partial charge in [-0.3, -0.25) is 4.79 Å². The smallest absolute Gasteiger partial charge is 0.352 e. The maximum absolute atomic E-state index is 14.5. The van der Waals surface area contributed by atoms with Crippen molar-refractivity contribution < 1.29 is 23.6 Å². The van der Waals surface area contributed by atoms with Gasteiger partial charge >= 0.3 is 5.97 Å². The summed E-state index contributed by atoms with van der Waals surface area (Å²) in [7, 11) is 3.86. The number of hydrogen-bond donors (Lipinski definition) is 2. The number of amides is 1. The Labute approximate surface area is 392 Å². The molecule has 0 saturated carbocycles. The lowest BCUT2D eigenvalue weighted by Crippen LogP contribution is -2.26. The van der Waals surface area contributed by atoms with Crippen LogP contribution in [-0.4, -0.2) is 31.7 Å². The van der Waals surface area contributed by atoms with Gasteiger partial charge in [-0.2, -0.15) is 0 Å². The molecule has 9 nitrogen and oxygen atoms in total. The number of aliphatic imine (C=N–C) groups is 1. The summed E-state index contributed by atoms with van der Waals surface area (Å²) >= 11 is 19.7. The van der Waals surface area contributed by atoms with Crippen LogP contribution in [0.5, 0.6) is 0 Å². The highest BCUT2D eigenvalue weighted by atomic mass is 35.5. The normalized spacial score (nSPS) is 9.34. The van der Waals surface area contributed by atoms with E-state index in [1.165, 1.54) is 18.2 Å². The van der Waals surface area contributed by atoms with Crippen LogP contribution < -0.4 is 15.7 Å². The first-order chi connectivity index (χ1) is 30.8. The number of terminal acetylenes is 1. The number of anilines is 3. The number of carbonyl (C=O) groups is 2. The van der Waals surface area contributed by atoms with E-state index >= 15 is 0 Å². The number of nitrogens with zero attached hydrogens (tertiary/aromatic N) is 2. The second kappa shape index (κ2) is 25.3. The standard InChI is InChI=1S/C51H31Cl3N4O5S/c1-8-9-10-11-12-13-14-15-16-17-18-19-20-21-22-23-28-61-51(60)39-24-26-44(54)46(31-39)56-50(59)48(55-45-27-25-43(58(6)7)30-35(45)2)47-36(3)29-37(4)49(38(47)5)64-63-62-57-42-33-40(52)32-41(53)34-42/h1,24-27,29-34,57H,2-7H3,(H,56,59). The average molecular weight is 918 g/mol. The predicted molar refractivity (Wildman–Crippen MR) is 257 cm³/mol. The quantitative estimate of drug-likeness (QED) is 0.0292. The van der Waals surface area contributed by atoms with Crippen molar-refractivity contribution in [2.75, 3.05) is 29.8 Å². The molecule has 0 fully saturated rings. The summed E-state index contributed by atoms with van der Waals surface area (Å²) in [6.45, 7) is 7.53. The average Bonchev–Trinajstić information content (AvgIpc) is 3.24. The molecule has 4 rings (SSSR count). The van der Waals surface area contributed by atoms with Crippen LogP contribution in [0, 0.1) is 135 Å². The molecule has 1 amide bonds. The van der Waals surface area contributed by atoms with Crippen LogP contribution in [0.15, 0.2) is 70.6 Å². The lowest BCUT2D eigenvalue weighted by Gasteiger charge is -2.19. The fourth-order valence-corrected chi connectivity index (χ4v) is 6.55. The number of benzene rings is 4. The van der Waals surface area contributed by atoms with E-state index < -0.39 is 11.9 Å². The lowest BCUT2D eigenvalue weighted by molar-refractivity contribution is -0.161. The van der Waals surface area contributed by atoms with Gasteiger partial charge in [0.15, 0.2) is 0 Å². The summed E-state index contributed by atoms with van der Waals surface area (Å²) in [5.74, 6) is 37.4. The van der Waals surface area contributed by atoms with Crippen LogP contribution in [0.1, 0.15) is 38.2 Å². The van der Waals surface area contributed by atoms with Gasteiger partial charge in [0.2, 0.25) is 0 Å². The third-order valence-electron chi connectivity index (χ3n) is 8.05. The Morgan fingerprint density at radius 1 is 0.703 bits per heavy atom. The molecule has 0 bridgehead atoms. The second-order valence-electron chi connectivity index (χ2n) is 12.8. The summed E-state index contributed by atoms with van der Waals surface area (Å²) in [6.07, 6.45) is 7.20. The van der Waals surface area contributed by atoms with Crippen molar-refractivity contribution in [3.8, 4) is 107 Å². The molecule has 0 saturated heterocycles. The monoisotopic (exact) mass is 916 g/mol. The van der Waals surface area contributed by atoms with E-state index in [0.29, 0.717) is 37.4 Å². The zero-order chi connectivity index (χ0) is 46.4. The fourth-order valence-electron chi connectivity index (χ4n) is 5.30. The fraction of sp³-hybridized carbons (Fsp3) is 0.118. The van der Waals surface area contributed by atoms with E-state index in [1.54, 1.807) is 18.2 Å². The molecule has 0 unspecified atom stereocenters. The summed E-state index contributed by atoms with van der Waals surface area (Å²) in [6, 6.07) is 16.7. The van der Waals surface area contributed by atoms with E-state index in [4.69, 9.17) is 60.3 Å². The van der Waals surface area contributed by atoms with Crippen molar-refractivity contribution in [1.82, 2.24) is 0 Å². The molecule has 4 aromatic carbocycles. The molecule has 0 atom stereocenters. The van der Waals surface area contributed by atoms with Gasteiger partial charge in [0.1, 0.15) is 11.8 Å². The lowest BCUT2D eigenvalue weighted by atomic mass is 9.95. The Morgan fingerprint density at radius 3 is 1.88 bits per heavy atom.